The minimum absolute atomic E-state index is 0.339. The van der Waals surface area contributed by atoms with Gasteiger partial charge in [-0.1, -0.05) is 0 Å². The second-order valence-electron chi connectivity index (χ2n) is 6.42. The topological polar surface area (TPSA) is 82.6 Å². The van der Waals surface area contributed by atoms with Gasteiger partial charge in [-0.3, -0.25) is 4.99 Å². The molecule has 2 rings (SSSR count). The molecule has 28 heavy (non-hydrogen) atoms. The molecule has 0 saturated carbocycles. The molecule has 0 aromatic heterocycles. The monoisotopic (exact) mass is 395 g/mol. The molecule has 0 atom stereocenters. The molecule has 0 amide bonds. The van der Waals surface area contributed by atoms with E-state index < -0.39 is 0 Å². The summed E-state index contributed by atoms with van der Waals surface area (Å²) in [5.41, 5.74) is 1.00. The first-order valence-corrected chi connectivity index (χ1v) is 9.64. The van der Waals surface area contributed by atoms with Crippen molar-refractivity contribution in [3.8, 4) is 17.2 Å². The van der Waals surface area contributed by atoms with Crippen molar-refractivity contribution in [1.82, 2.24) is 10.6 Å². The van der Waals surface area contributed by atoms with Crippen LogP contribution in [0.5, 0.6) is 17.2 Å². The lowest BCUT2D eigenvalue weighted by Crippen LogP contribution is -2.37. The van der Waals surface area contributed by atoms with E-state index in [9.17, 15) is 0 Å². The van der Waals surface area contributed by atoms with Gasteiger partial charge in [0.05, 0.1) is 27.4 Å². The number of guanidine groups is 1. The largest absolute Gasteiger partial charge is 0.493 e. The predicted octanol–water partition coefficient (Wildman–Crippen LogP) is 1.96. The van der Waals surface area contributed by atoms with Crippen LogP contribution in [0.1, 0.15) is 24.8 Å². The molecule has 1 aliphatic heterocycles. The first-order chi connectivity index (χ1) is 13.7. The molecule has 0 bridgehead atoms. The van der Waals surface area contributed by atoms with Crippen LogP contribution in [-0.4, -0.2) is 66.8 Å². The third kappa shape index (κ3) is 6.76. The third-order valence-corrected chi connectivity index (χ3v) is 4.54. The van der Waals surface area contributed by atoms with E-state index in [-0.39, 0.29) is 0 Å². The summed E-state index contributed by atoms with van der Waals surface area (Å²) in [6.45, 7) is 3.72. The van der Waals surface area contributed by atoms with Crippen molar-refractivity contribution < 1.29 is 23.7 Å². The lowest BCUT2D eigenvalue weighted by atomic mass is 10.1. The van der Waals surface area contributed by atoms with Crippen molar-refractivity contribution in [2.24, 2.45) is 4.99 Å². The zero-order valence-electron chi connectivity index (χ0n) is 17.4. The fourth-order valence-electron chi connectivity index (χ4n) is 3.02. The van der Waals surface area contributed by atoms with Gasteiger partial charge in [0.1, 0.15) is 0 Å². The minimum atomic E-state index is 0.339. The highest BCUT2D eigenvalue weighted by molar-refractivity contribution is 5.79. The average Bonchev–Trinajstić information content (AvgIpc) is 2.75. The van der Waals surface area contributed by atoms with Crippen molar-refractivity contribution in [1.29, 1.82) is 0 Å². The van der Waals surface area contributed by atoms with Crippen LogP contribution in [0, 0.1) is 0 Å². The highest BCUT2D eigenvalue weighted by Crippen LogP contribution is 2.38. The van der Waals surface area contributed by atoms with Crippen LogP contribution in [-0.2, 0) is 16.0 Å². The van der Waals surface area contributed by atoms with Gasteiger partial charge in [-0.2, -0.15) is 0 Å². The van der Waals surface area contributed by atoms with Gasteiger partial charge >= 0.3 is 0 Å². The van der Waals surface area contributed by atoms with Crippen LogP contribution in [0.4, 0.5) is 0 Å². The lowest BCUT2D eigenvalue weighted by Gasteiger charge is -2.22. The molecule has 2 N–H and O–H groups in total. The molecule has 1 saturated heterocycles. The van der Waals surface area contributed by atoms with E-state index in [4.69, 9.17) is 23.7 Å². The van der Waals surface area contributed by atoms with Crippen LogP contribution in [0.15, 0.2) is 17.1 Å². The number of rotatable bonds is 10. The number of hydrogen-bond donors (Lipinski definition) is 2. The maximum absolute atomic E-state index is 5.88. The molecule has 0 spiro atoms. The molecule has 1 fully saturated rings. The van der Waals surface area contributed by atoms with Crippen LogP contribution in [0.2, 0.25) is 0 Å². The molecule has 8 heteroatoms. The summed E-state index contributed by atoms with van der Waals surface area (Å²) in [5.74, 6) is 2.58. The molecule has 0 radical (unpaired) electrons. The summed E-state index contributed by atoms with van der Waals surface area (Å²) in [6.07, 6.45) is 3.24. The van der Waals surface area contributed by atoms with E-state index >= 15 is 0 Å². The van der Waals surface area contributed by atoms with Crippen molar-refractivity contribution in [2.75, 3.05) is 54.7 Å². The van der Waals surface area contributed by atoms with Gasteiger partial charge in [0.15, 0.2) is 17.5 Å². The molecule has 8 nitrogen and oxygen atoms in total. The van der Waals surface area contributed by atoms with Gasteiger partial charge in [-0.25, -0.2) is 0 Å². The van der Waals surface area contributed by atoms with Gasteiger partial charge in [0.2, 0.25) is 5.75 Å². The Morgan fingerprint density at radius 3 is 2.32 bits per heavy atom. The Labute approximate surface area is 167 Å². The zero-order chi connectivity index (χ0) is 20.2. The van der Waals surface area contributed by atoms with Crippen molar-refractivity contribution in [2.45, 2.75) is 31.9 Å². The molecule has 1 aromatic carbocycles. The summed E-state index contributed by atoms with van der Waals surface area (Å²) < 4.78 is 27.4. The van der Waals surface area contributed by atoms with Crippen molar-refractivity contribution >= 4 is 5.96 Å². The summed E-state index contributed by atoms with van der Waals surface area (Å²) in [5, 5.41) is 6.60. The number of hydrogen-bond acceptors (Lipinski definition) is 6. The van der Waals surface area contributed by atoms with Gasteiger partial charge in [0, 0.05) is 40.0 Å². The van der Waals surface area contributed by atoms with Gasteiger partial charge in [0.25, 0.3) is 0 Å². The van der Waals surface area contributed by atoms with Crippen molar-refractivity contribution in [3.63, 3.8) is 0 Å². The SMILES string of the molecule is CN=C(NCCCOC1CCOCC1)NCc1cc(OC)c(OC)c(OC)c1. The Balaban J connectivity index is 1.75. The van der Waals surface area contributed by atoms with Crippen LogP contribution in [0.3, 0.4) is 0 Å². The number of nitrogens with one attached hydrogen (secondary N) is 2. The van der Waals surface area contributed by atoms with Crippen LogP contribution < -0.4 is 24.8 Å². The Bertz CT molecular complexity index is 593. The van der Waals surface area contributed by atoms with Gasteiger partial charge in [-0.05, 0) is 37.0 Å². The summed E-state index contributed by atoms with van der Waals surface area (Å²) >= 11 is 0. The van der Waals surface area contributed by atoms with E-state index in [1.165, 1.54) is 0 Å². The molecule has 158 valence electrons. The molecule has 1 heterocycles. The van der Waals surface area contributed by atoms with E-state index in [0.717, 1.165) is 57.2 Å². The molecular formula is C20H33N3O5. The quantitative estimate of drug-likeness (QED) is 0.356. The minimum Gasteiger partial charge on any atom is -0.493 e. The molecule has 0 unspecified atom stereocenters. The molecule has 0 aliphatic carbocycles. The van der Waals surface area contributed by atoms with Gasteiger partial charge < -0.3 is 34.3 Å². The Kier molecular flexibility index (Phi) is 9.71. The summed E-state index contributed by atoms with van der Waals surface area (Å²) in [6, 6.07) is 3.84. The summed E-state index contributed by atoms with van der Waals surface area (Å²) in [7, 11) is 6.56. The Hall–Kier alpha value is -2.19. The van der Waals surface area contributed by atoms with E-state index in [1.807, 2.05) is 12.1 Å². The lowest BCUT2D eigenvalue weighted by molar-refractivity contribution is -0.0320. The predicted molar refractivity (Wildman–Crippen MR) is 109 cm³/mol. The van der Waals surface area contributed by atoms with E-state index in [2.05, 4.69) is 15.6 Å². The maximum atomic E-state index is 5.88. The van der Waals surface area contributed by atoms with E-state index in [1.54, 1.807) is 28.4 Å². The van der Waals surface area contributed by atoms with Gasteiger partial charge in [-0.15, -0.1) is 0 Å². The third-order valence-electron chi connectivity index (χ3n) is 4.54. The van der Waals surface area contributed by atoms with E-state index in [0.29, 0.717) is 29.9 Å². The van der Waals surface area contributed by atoms with Crippen molar-refractivity contribution in [3.05, 3.63) is 17.7 Å². The number of ether oxygens (including phenoxy) is 5. The second kappa shape index (κ2) is 12.3. The van der Waals surface area contributed by atoms with Crippen LogP contribution >= 0.6 is 0 Å². The average molecular weight is 396 g/mol. The first kappa shape index (κ1) is 22.1. The number of nitrogens with zero attached hydrogens (tertiary/aromatic N) is 1. The molecular weight excluding hydrogens is 362 g/mol. The highest BCUT2D eigenvalue weighted by atomic mass is 16.5. The maximum Gasteiger partial charge on any atom is 0.203 e. The summed E-state index contributed by atoms with van der Waals surface area (Å²) in [4.78, 5) is 4.26. The molecule has 1 aliphatic rings. The Morgan fingerprint density at radius 1 is 1.07 bits per heavy atom. The Morgan fingerprint density at radius 2 is 1.75 bits per heavy atom. The highest BCUT2D eigenvalue weighted by Gasteiger charge is 2.14. The number of aliphatic imine (C=N–C) groups is 1. The molecule has 1 aromatic rings. The normalized spacial score (nSPS) is 15.2. The number of benzene rings is 1. The first-order valence-electron chi connectivity index (χ1n) is 9.64. The smallest absolute Gasteiger partial charge is 0.203 e. The second-order valence-corrected chi connectivity index (χ2v) is 6.42. The van der Waals surface area contributed by atoms with Crippen LogP contribution in [0.25, 0.3) is 0 Å². The standard InChI is InChI=1S/C20H33N3O5/c1-21-20(22-8-5-9-28-16-6-10-27-11-7-16)23-14-15-12-17(24-2)19(26-4)18(13-15)25-3/h12-13,16H,5-11,14H2,1-4H3,(H2,21,22,23). The fraction of sp³-hybridized carbons (Fsp3) is 0.650. The zero-order valence-corrected chi connectivity index (χ0v) is 17.4. The number of methoxy groups -OCH3 is 3. The fourth-order valence-corrected chi connectivity index (χ4v) is 3.02.